The van der Waals surface area contributed by atoms with Crippen molar-refractivity contribution in [3.05, 3.63) is 80.3 Å². The van der Waals surface area contributed by atoms with Crippen LogP contribution in [-0.4, -0.2) is 25.3 Å². The van der Waals surface area contributed by atoms with Gasteiger partial charge in [0, 0.05) is 18.0 Å². The summed E-state index contributed by atoms with van der Waals surface area (Å²) >= 11 is 1.64. The van der Waals surface area contributed by atoms with Crippen LogP contribution in [0.25, 0.3) is 11.0 Å². The molecule has 0 saturated heterocycles. The molecule has 0 N–H and O–H groups in total. The number of fused-ring (bicyclic) bond motifs is 3. The maximum atomic E-state index is 14.0. The van der Waals surface area contributed by atoms with Gasteiger partial charge in [0.25, 0.3) is 5.76 Å². The van der Waals surface area contributed by atoms with Crippen LogP contribution >= 0.6 is 11.3 Å². The summed E-state index contributed by atoms with van der Waals surface area (Å²) in [5, 5.41) is 1.98. The van der Waals surface area contributed by atoms with E-state index in [1.165, 1.54) is 42.3 Å². The second-order valence-corrected chi connectivity index (χ2v) is 8.97. The molecule has 0 amide bonds. The highest BCUT2D eigenvalue weighted by molar-refractivity contribution is 7.09. The molecule has 0 atom stereocenters. The zero-order valence-corrected chi connectivity index (χ0v) is 19.4. The quantitative estimate of drug-likeness (QED) is 0.318. The third-order valence-corrected chi connectivity index (χ3v) is 6.59. The number of hydrogen-bond donors (Lipinski definition) is 0. The topological polar surface area (TPSA) is 61.1 Å². The van der Waals surface area contributed by atoms with Gasteiger partial charge in [-0.2, -0.15) is 13.2 Å². The lowest BCUT2D eigenvalue weighted by Gasteiger charge is -2.29. The molecule has 5 rings (SSSR count). The number of halogens is 3. The Kier molecular flexibility index (Phi) is 6.16. The lowest BCUT2D eigenvalue weighted by molar-refractivity contribution is -0.154. The summed E-state index contributed by atoms with van der Waals surface area (Å²) in [7, 11) is 1.46. The van der Waals surface area contributed by atoms with Crippen molar-refractivity contribution in [2.45, 2.75) is 19.1 Å². The molecule has 1 aliphatic heterocycles. The van der Waals surface area contributed by atoms with Gasteiger partial charge in [-0.25, -0.2) is 0 Å². The molecule has 0 aliphatic carbocycles. The highest BCUT2D eigenvalue weighted by Gasteiger charge is 2.41. The lowest BCUT2D eigenvalue weighted by atomic mass is 10.1. The van der Waals surface area contributed by atoms with Gasteiger partial charge in [0.2, 0.25) is 11.2 Å². The molecular formula is C25H20F3NO5S. The monoisotopic (exact) mass is 503 g/mol. The van der Waals surface area contributed by atoms with Crippen molar-refractivity contribution in [1.82, 2.24) is 4.90 Å². The van der Waals surface area contributed by atoms with Gasteiger partial charge in [-0.3, -0.25) is 9.69 Å². The second kappa shape index (κ2) is 9.27. The van der Waals surface area contributed by atoms with Gasteiger partial charge in [0.05, 0.1) is 18.1 Å². The second-order valence-electron chi connectivity index (χ2n) is 7.94. The molecule has 0 spiro atoms. The highest BCUT2D eigenvalue weighted by atomic mass is 32.1. The minimum absolute atomic E-state index is 0.0102. The van der Waals surface area contributed by atoms with Gasteiger partial charge in [0.1, 0.15) is 29.6 Å². The van der Waals surface area contributed by atoms with Crippen LogP contribution in [0, 0.1) is 0 Å². The molecule has 6 nitrogen and oxygen atoms in total. The lowest BCUT2D eigenvalue weighted by Crippen LogP contribution is -2.33. The van der Waals surface area contributed by atoms with Crippen molar-refractivity contribution in [3.63, 3.8) is 0 Å². The first-order valence-electron chi connectivity index (χ1n) is 10.7. The highest BCUT2D eigenvalue weighted by Crippen LogP contribution is 2.41. The van der Waals surface area contributed by atoms with Crippen LogP contribution in [0.4, 0.5) is 13.2 Å². The Hall–Kier alpha value is -3.50. The van der Waals surface area contributed by atoms with E-state index in [2.05, 4.69) is 0 Å². The average Bonchev–Trinajstić information content (AvgIpc) is 3.37. The molecule has 3 heterocycles. The SMILES string of the molecule is COc1ccc(Oc2c(C(F)(F)F)oc3c4c(ccc3c2=O)OCN(CCc2cccs2)C4)cc1. The largest absolute Gasteiger partial charge is 0.497 e. The molecule has 2 aromatic heterocycles. The smallest absolute Gasteiger partial charge is 0.453 e. The van der Waals surface area contributed by atoms with Gasteiger partial charge in [0.15, 0.2) is 0 Å². The normalized spacial score (nSPS) is 13.9. The summed E-state index contributed by atoms with van der Waals surface area (Å²) in [6.07, 6.45) is -4.18. The zero-order valence-electron chi connectivity index (χ0n) is 18.6. The van der Waals surface area contributed by atoms with Gasteiger partial charge < -0.3 is 18.6 Å². The fraction of sp³-hybridized carbons (Fsp3) is 0.240. The fourth-order valence-corrected chi connectivity index (χ4v) is 4.60. The Bertz CT molecular complexity index is 1400. The van der Waals surface area contributed by atoms with Crippen molar-refractivity contribution in [3.8, 4) is 23.0 Å². The van der Waals surface area contributed by atoms with Crippen molar-refractivity contribution in [1.29, 1.82) is 0 Å². The maximum absolute atomic E-state index is 14.0. The Morgan fingerprint density at radius 3 is 2.54 bits per heavy atom. The van der Waals surface area contributed by atoms with E-state index in [0.29, 0.717) is 30.3 Å². The summed E-state index contributed by atoms with van der Waals surface area (Å²) < 4.78 is 63.6. The first kappa shape index (κ1) is 23.3. The van der Waals surface area contributed by atoms with Crippen LogP contribution in [-0.2, 0) is 19.1 Å². The number of nitrogens with zero attached hydrogens (tertiary/aromatic N) is 1. The Labute approximate surface area is 202 Å². The number of thiophene rings is 1. The van der Waals surface area contributed by atoms with E-state index in [9.17, 15) is 18.0 Å². The minimum atomic E-state index is -4.95. The van der Waals surface area contributed by atoms with E-state index in [0.717, 1.165) is 6.42 Å². The van der Waals surface area contributed by atoms with Crippen molar-refractivity contribution in [2.24, 2.45) is 0 Å². The standard InChI is InChI=1S/C25H20F3NO5S/c1-31-15-4-6-16(7-5-15)33-23-21(30)18-8-9-20-19(22(18)34-24(23)25(26,27)28)13-29(14-32-20)11-10-17-3-2-12-35-17/h2-9,12H,10-11,13-14H2,1H3. The van der Waals surface area contributed by atoms with E-state index < -0.39 is 23.1 Å². The molecular weight excluding hydrogens is 483 g/mol. The molecule has 0 fully saturated rings. The molecule has 0 saturated carbocycles. The average molecular weight is 503 g/mol. The predicted molar refractivity (Wildman–Crippen MR) is 124 cm³/mol. The van der Waals surface area contributed by atoms with E-state index in [1.807, 2.05) is 22.4 Å². The first-order chi connectivity index (χ1) is 16.8. The number of methoxy groups -OCH3 is 1. The number of alkyl halides is 3. The Morgan fingerprint density at radius 1 is 1.09 bits per heavy atom. The maximum Gasteiger partial charge on any atom is 0.453 e. The summed E-state index contributed by atoms with van der Waals surface area (Å²) in [5.41, 5.74) is -0.658. The third-order valence-electron chi connectivity index (χ3n) is 5.65. The van der Waals surface area contributed by atoms with Gasteiger partial charge in [-0.15, -0.1) is 11.3 Å². The Balaban J connectivity index is 1.54. The molecule has 10 heteroatoms. The van der Waals surface area contributed by atoms with Crippen LogP contribution in [0.15, 0.2) is 63.1 Å². The molecule has 2 aromatic carbocycles. The molecule has 4 aromatic rings. The summed E-state index contributed by atoms with van der Waals surface area (Å²) in [6, 6.07) is 12.8. The number of benzene rings is 2. The van der Waals surface area contributed by atoms with Gasteiger partial charge in [-0.1, -0.05) is 6.07 Å². The van der Waals surface area contributed by atoms with Crippen molar-refractivity contribution >= 4 is 22.3 Å². The van der Waals surface area contributed by atoms with E-state index in [4.69, 9.17) is 18.6 Å². The van der Waals surface area contributed by atoms with Gasteiger partial charge in [-0.05, 0) is 54.3 Å². The van der Waals surface area contributed by atoms with Crippen LogP contribution in [0.2, 0.25) is 0 Å². The summed E-state index contributed by atoms with van der Waals surface area (Å²) in [4.78, 5) is 16.4. The minimum Gasteiger partial charge on any atom is -0.497 e. The molecule has 0 unspecified atom stereocenters. The van der Waals surface area contributed by atoms with Crippen LogP contribution in [0.3, 0.4) is 0 Å². The van der Waals surface area contributed by atoms with Gasteiger partial charge >= 0.3 is 6.18 Å². The fourth-order valence-electron chi connectivity index (χ4n) is 3.90. The van der Waals surface area contributed by atoms with E-state index >= 15 is 0 Å². The Morgan fingerprint density at radius 2 is 1.86 bits per heavy atom. The number of rotatable bonds is 6. The summed E-state index contributed by atoms with van der Waals surface area (Å²) in [6.45, 7) is 1.22. The molecule has 1 aliphatic rings. The van der Waals surface area contributed by atoms with E-state index in [1.54, 1.807) is 17.4 Å². The first-order valence-corrected chi connectivity index (χ1v) is 11.6. The van der Waals surface area contributed by atoms with E-state index in [-0.39, 0.29) is 23.3 Å². The predicted octanol–water partition coefficient (Wildman–Crippen LogP) is 6.07. The van der Waals surface area contributed by atoms with Crippen LogP contribution in [0.1, 0.15) is 16.2 Å². The van der Waals surface area contributed by atoms with Crippen molar-refractivity contribution < 1.29 is 31.8 Å². The number of ether oxygens (including phenoxy) is 3. The number of hydrogen-bond acceptors (Lipinski definition) is 7. The zero-order chi connectivity index (χ0) is 24.6. The van der Waals surface area contributed by atoms with Crippen LogP contribution < -0.4 is 19.6 Å². The third kappa shape index (κ3) is 4.71. The molecule has 0 radical (unpaired) electrons. The van der Waals surface area contributed by atoms with Crippen molar-refractivity contribution in [2.75, 3.05) is 20.4 Å². The summed E-state index contributed by atoms with van der Waals surface area (Å²) in [5.74, 6) is -1.47. The molecule has 35 heavy (non-hydrogen) atoms. The molecule has 182 valence electrons. The molecule has 0 bridgehead atoms. The van der Waals surface area contributed by atoms with Crippen LogP contribution in [0.5, 0.6) is 23.0 Å².